The maximum atomic E-state index is 12.7. The monoisotopic (exact) mass is 553 g/mol. The summed E-state index contributed by atoms with van der Waals surface area (Å²) in [5, 5.41) is 14.8. The standard InChI is InChI=1S/C28H22Cl3N3O3/c1-36-26-12-17(11-24(31)27(26)37-16-19-6-7-21(29)13-23(19)30)10-20(14-32)28(35)33-9-8-18-15-34-25-5-3-2-4-22(18)25/h2-7,10-13,15,34H,8-9,16H2,1H3,(H,33,35)/b20-10-. The highest BCUT2D eigenvalue weighted by Crippen LogP contribution is 2.38. The Morgan fingerprint density at radius 1 is 1.08 bits per heavy atom. The van der Waals surface area contributed by atoms with Crippen LogP contribution in [0.1, 0.15) is 16.7 Å². The zero-order valence-corrected chi connectivity index (χ0v) is 22.0. The van der Waals surface area contributed by atoms with Crippen LogP contribution in [-0.4, -0.2) is 24.5 Å². The highest BCUT2D eigenvalue weighted by atomic mass is 35.5. The van der Waals surface area contributed by atoms with Crippen molar-refractivity contribution in [3.8, 4) is 17.6 Å². The molecule has 1 aromatic heterocycles. The van der Waals surface area contributed by atoms with Gasteiger partial charge in [0.1, 0.15) is 18.2 Å². The Labute approximate surface area is 229 Å². The maximum absolute atomic E-state index is 12.7. The molecule has 0 saturated heterocycles. The highest BCUT2D eigenvalue weighted by Gasteiger charge is 2.15. The van der Waals surface area contributed by atoms with Crippen molar-refractivity contribution >= 4 is 57.7 Å². The average Bonchev–Trinajstić information content (AvgIpc) is 3.30. The molecular weight excluding hydrogens is 533 g/mol. The summed E-state index contributed by atoms with van der Waals surface area (Å²) in [5.74, 6) is 0.185. The quantitative estimate of drug-likeness (QED) is 0.173. The van der Waals surface area contributed by atoms with E-state index < -0.39 is 5.91 Å². The van der Waals surface area contributed by atoms with E-state index in [0.717, 1.165) is 22.0 Å². The lowest BCUT2D eigenvalue weighted by atomic mass is 10.1. The Balaban J connectivity index is 1.44. The molecule has 0 radical (unpaired) electrons. The number of hydrogen-bond donors (Lipinski definition) is 2. The number of amides is 1. The fourth-order valence-electron chi connectivity index (χ4n) is 3.81. The summed E-state index contributed by atoms with van der Waals surface area (Å²) >= 11 is 18.6. The molecule has 4 rings (SSSR count). The van der Waals surface area contributed by atoms with Crippen molar-refractivity contribution in [2.24, 2.45) is 0 Å². The van der Waals surface area contributed by atoms with Crippen molar-refractivity contribution in [2.75, 3.05) is 13.7 Å². The Kier molecular flexibility index (Phi) is 8.62. The number of ether oxygens (including phenoxy) is 2. The van der Waals surface area contributed by atoms with Gasteiger partial charge in [0.25, 0.3) is 5.91 Å². The molecule has 0 aliphatic heterocycles. The van der Waals surface area contributed by atoms with Crippen LogP contribution in [0.2, 0.25) is 15.1 Å². The maximum Gasteiger partial charge on any atom is 0.261 e. The van der Waals surface area contributed by atoms with Crippen molar-refractivity contribution in [1.29, 1.82) is 5.26 Å². The first-order valence-corrected chi connectivity index (χ1v) is 12.4. The molecule has 3 aromatic carbocycles. The molecule has 1 heterocycles. The van der Waals surface area contributed by atoms with Gasteiger partial charge in [0.15, 0.2) is 11.5 Å². The number of carbonyl (C=O) groups excluding carboxylic acids is 1. The van der Waals surface area contributed by atoms with Crippen molar-refractivity contribution < 1.29 is 14.3 Å². The number of nitrogens with one attached hydrogen (secondary N) is 2. The van der Waals surface area contributed by atoms with Crippen molar-refractivity contribution in [1.82, 2.24) is 10.3 Å². The zero-order chi connectivity index (χ0) is 26.4. The number of rotatable bonds is 9. The number of H-pyrrole nitrogens is 1. The van der Waals surface area contributed by atoms with E-state index in [-0.39, 0.29) is 17.2 Å². The topological polar surface area (TPSA) is 87.1 Å². The van der Waals surface area contributed by atoms with Gasteiger partial charge in [-0.15, -0.1) is 0 Å². The lowest BCUT2D eigenvalue weighted by molar-refractivity contribution is -0.117. The largest absolute Gasteiger partial charge is 0.493 e. The number of nitriles is 1. The normalized spacial score (nSPS) is 11.3. The zero-order valence-electron chi connectivity index (χ0n) is 19.8. The molecule has 0 spiro atoms. The van der Waals surface area contributed by atoms with Gasteiger partial charge in [-0.05, 0) is 54.0 Å². The summed E-state index contributed by atoms with van der Waals surface area (Å²) in [6, 6.07) is 18.3. The SMILES string of the molecule is COc1cc(/C=C(/C#N)C(=O)NCCc2c[nH]c3ccccc23)cc(Cl)c1OCc1ccc(Cl)cc1Cl. The predicted molar refractivity (Wildman–Crippen MR) is 147 cm³/mol. The van der Waals surface area contributed by atoms with Gasteiger partial charge in [-0.3, -0.25) is 4.79 Å². The molecule has 188 valence electrons. The molecule has 4 aromatic rings. The van der Waals surface area contributed by atoms with Gasteiger partial charge in [0, 0.05) is 39.3 Å². The minimum Gasteiger partial charge on any atom is -0.493 e. The number of carbonyl (C=O) groups is 1. The first-order chi connectivity index (χ1) is 17.9. The van der Waals surface area contributed by atoms with E-state index in [4.69, 9.17) is 44.3 Å². The summed E-state index contributed by atoms with van der Waals surface area (Å²) in [7, 11) is 1.48. The van der Waals surface area contributed by atoms with E-state index in [1.807, 2.05) is 36.5 Å². The molecule has 0 bridgehead atoms. The second-order valence-corrected chi connectivity index (χ2v) is 9.34. The van der Waals surface area contributed by atoms with Gasteiger partial charge >= 0.3 is 0 Å². The molecule has 9 heteroatoms. The van der Waals surface area contributed by atoms with Crippen molar-refractivity contribution in [2.45, 2.75) is 13.0 Å². The number of fused-ring (bicyclic) bond motifs is 1. The number of methoxy groups -OCH3 is 1. The summed E-state index contributed by atoms with van der Waals surface area (Å²) < 4.78 is 11.3. The van der Waals surface area contributed by atoms with E-state index in [9.17, 15) is 10.1 Å². The van der Waals surface area contributed by atoms with Crippen LogP contribution in [0.4, 0.5) is 0 Å². The van der Waals surface area contributed by atoms with Crippen LogP contribution in [-0.2, 0) is 17.8 Å². The third-order valence-electron chi connectivity index (χ3n) is 5.67. The van der Waals surface area contributed by atoms with Crippen molar-refractivity contribution in [3.63, 3.8) is 0 Å². The summed E-state index contributed by atoms with van der Waals surface area (Å²) in [6.45, 7) is 0.521. The van der Waals surface area contributed by atoms with Gasteiger partial charge in [0.05, 0.1) is 12.1 Å². The van der Waals surface area contributed by atoms with Gasteiger partial charge < -0.3 is 19.8 Å². The third kappa shape index (κ3) is 6.39. The number of hydrogen-bond acceptors (Lipinski definition) is 4. The van der Waals surface area contributed by atoms with E-state index >= 15 is 0 Å². The van der Waals surface area contributed by atoms with E-state index in [2.05, 4.69) is 10.3 Å². The predicted octanol–water partition coefficient (Wildman–Crippen LogP) is 6.98. The number of nitrogens with zero attached hydrogens (tertiary/aromatic N) is 1. The number of aromatic amines is 1. The molecule has 0 aliphatic carbocycles. The van der Waals surface area contributed by atoms with Crippen LogP contribution in [0, 0.1) is 11.3 Å². The number of para-hydroxylation sites is 1. The Bertz CT molecular complexity index is 1520. The fraction of sp³-hybridized carbons (Fsp3) is 0.143. The van der Waals surface area contributed by atoms with Gasteiger partial charge in [-0.25, -0.2) is 0 Å². The highest BCUT2D eigenvalue weighted by molar-refractivity contribution is 6.35. The molecule has 1 amide bonds. The summed E-state index contributed by atoms with van der Waals surface area (Å²) in [5.41, 5.74) is 3.31. The van der Waals surface area contributed by atoms with Crippen LogP contribution in [0.25, 0.3) is 17.0 Å². The lowest BCUT2D eigenvalue weighted by Gasteiger charge is -2.14. The van der Waals surface area contributed by atoms with Crippen LogP contribution in [0.15, 0.2) is 66.4 Å². The molecule has 0 saturated carbocycles. The Morgan fingerprint density at radius 2 is 1.89 bits per heavy atom. The van der Waals surface area contributed by atoms with Crippen LogP contribution < -0.4 is 14.8 Å². The molecule has 37 heavy (non-hydrogen) atoms. The van der Waals surface area contributed by atoms with Crippen LogP contribution in [0.3, 0.4) is 0 Å². The van der Waals surface area contributed by atoms with Gasteiger partial charge in [0.2, 0.25) is 0 Å². The van der Waals surface area contributed by atoms with E-state index in [1.54, 1.807) is 30.3 Å². The number of halogens is 3. The van der Waals surface area contributed by atoms with Gasteiger partial charge in [-0.1, -0.05) is 59.1 Å². The van der Waals surface area contributed by atoms with Crippen molar-refractivity contribution in [3.05, 3.63) is 98.1 Å². The Hall–Kier alpha value is -3.63. The second kappa shape index (κ2) is 12.1. The first kappa shape index (κ1) is 26.4. The summed E-state index contributed by atoms with van der Waals surface area (Å²) in [6.07, 6.45) is 4.00. The van der Waals surface area contributed by atoms with Crippen LogP contribution in [0.5, 0.6) is 11.5 Å². The molecular formula is C28H22Cl3N3O3. The summed E-state index contributed by atoms with van der Waals surface area (Å²) in [4.78, 5) is 15.9. The Morgan fingerprint density at radius 3 is 2.65 bits per heavy atom. The number of benzene rings is 3. The molecule has 0 unspecified atom stereocenters. The third-order valence-corrected chi connectivity index (χ3v) is 6.54. The number of aromatic nitrogens is 1. The molecule has 0 fully saturated rings. The van der Waals surface area contributed by atoms with Crippen LogP contribution >= 0.6 is 34.8 Å². The molecule has 0 aliphatic rings. The fourth-order valence-corrected chi connectivity index (χ4v) is 4.55. The molecule has 2 N–H and O–H groups in total. The first-order valence-electron chi connectivity index (χ1n) is 11.3. The lowest BCUT2D eigenvalue weighted by Crippen LogP contribution is -2.26. The van der Waals surface area contributed by atoms with E-state index in [0.29, 0.717) is 40.1 Å². The second-order valence-electron chi connectivity index (χ2n) is 8.09. The molecule has 6 nitrogen and oxygen atoms in total. The molecule has 0 atom stereocenters. The van der Waals surface area contributed by atoms with E-state index in [1.165, 1.54) is 13.2 Å². The smallest absolute Gasteiger partial charge is 0.261 e. The van der Waals surface area contributed by atoms with Gasteiger partial charge in [-0.2, -0.15) is 5.26 Å². The minimum absolute atomic E-state index is 0.0568. The minimum atomic E-state index is -0.477. The average molecular weight is 555 g/mol.